The second kappa shape index (κ2) is 4.18. The number of benzene rings is 1. The normalized spacial score (nSPS) is 20.7. The lowest BCUT2D eigenvalue weighted by atomic mass is 10.1. The molecular formula is C12H15NO. The van der Waals surface area contributed by atoms with Crippen LogP contribution in [0.5, 0.6) is 5.75 Å². The number of nitrogen functional groups attached to an aromatic ring is 1. The van der Waals surface area contributed by atoms with Gasteiger partial charge in [-0.2, -0.15) is 0 Å². The van der Waals surface area contributed by atoms with E-state index in [1.165, 1.54) is 12.8 Å². The predicted octanol–water partition coefficient (Wildman–Crippen LogP) is 2.76. The van der Waals surface area contributed by atoms with E-state index < -0.39 is 0 Å². The van der Waals surface area contributed by atoms with Gasteiger partial charge < -0.3 is 10.5 Å². The molecule has 1 aliphatic carbocycles. The number of allylic oxidation sites excluding steroid dienone is 1. The van der Waals surface area contributed by atoms with Gasteiger partial charge in [-0.3, -0.25) is 0 Å². The van der Waals surface area contributed by atoms with Crippen molar-refractivity contribution in [2.75, 3.05) is 5.73 Å². The van der Waals surface area contributed by atoms with Crippen LogP contribution >= 0.6 is 0 Å². The van der Waals surface area contributed by atoms with E-state index in [-0.39, 0.29) is 6.10 Å². The molecule has 0 fully saturated rings. The fourth-order valence-corrected chi connectivity index (χ4v) is 1.63. The summed E-state index contributed by atoms with van der Waals surface area (Å²) in [4.78, 5) is 0. The molecule has 1 aromatic carbocycles. The van der Waals surface area contributed by atoms with E-state index in [1.54, 1.807) is 0 Å². The van der Waals surface area contributed by atoms with Crippen molar-refractivity contribution >= 4 is 5.69 Å². The van der Waals surface area contributed by atoms with E-state index in [0.29, 0.717) is 5.69 Å². The van der Waals surface area contributed by atoms with Gasteiger partial charge in [0, 0.05) is 0 Å². The van der Waals surface area contributed by atoms with Crippen LogP contribution in [0.4, 0.5) is 5.69 Å². The van der Waals surface area contributed by atoms with Crippen LogP contribution < -0.4 is 10.5 Å². The zero-order valence-electron chi connectivity index (χ0n) is 8.15. The summed E-state index contributed by atoms with van der Waals surface area (Å²) >= 11 is 0. The van der Waals surface area contributed by atoms with Crippen LogP contribution in [0.25, 0.3) is 0 Å². The molecule has 1 atom stereocenters. The molecule has 0 heterocycles. The molecule has 74 valence electrons. The van der Waals surface area contributed by atoms with Gasteiger partial charge in [0.25, 0.3) is 0 Å². The third-order valence-electron chi connectivity index (χ3n) is 2.41. The van der Waals surface area contributed by atoms with Crippen LogP contribution in [-0.2, 0) is 0 Å². The molecule has 2 nitrogen and oxygen atoms in total. The van der Waals surface area contributed by atoms with Gasteiger partial charge in [0.05, 0.1) is 5.69 Å². The second-order valence-corrected chi connectivity index (χ2v) is 3.55. The minimum absolute atomic E-state index is 0.202. The summed E-state index contributed by atoms with van der Waals surface area (Å²) in [5, 5.41) is 0. The number of ether oxygens (including phenoxy) is 1. The van der Waals surface area contributed by atoms with E-state index in [4.69, 9.17) is 10.5 Å². The van der Waals surface area contributed by atoms with Crippen molar-refractivity contribution in [2.24, 2.45) is 0 Å². The lowest BCUT2D eigenvalue weighted by molar-refractivity contribution is 0.231. The number of hydrogen-bond acceptors (Lipinski definition) is 2. The van der Waals surface area contributed by atoms with E-state index in [1.807, 2.05) is 24.3 Å². The molecule has 0 amide bonds. The van der Waals surface area contributed by atoms with Gasteiger partial charge in [-0.25, -0.2) is 0 Å². The molecule has 0 aromatic heterocycles. The lowest BCUT2D eigenvalue weighted by Crippen LogP contribution is -2.16. The number of anilines is 1. The zero-order chi connectivity index (χ0) is 9.80. The summed E-state index contributed by atoms with van der Waals surface area (Å²) in [5.41, 5.74) is 6.50. The first-order valence-corrected chi connectivity index (χ1v) is 5.04. The average Bonchev–Trinajstić information content (AvgIpc) is 2.23. The molecule has 0 radical (unpaired) electrons. The predicted molar refractivity (Wildman–Crippen MR) is 58.3 cm³/mol. The fraction of sp³-hybridized carbons (Fsp3) is 0.333. The first kappa shape index (κ1) is 9.13. The molecule has 14 heavy (non-hydrogen) atoms. The lowest BCUT2D eigenvalue weighted by Gasteiger charge is -2.19. The van der Waals surface area contributed by atoms with Gasteiger partial charge in [0.15, 0.2) is 0 Å². The Bertz CT molecular complexity index is 333. The minimum atomic E-state index is 0.202. The highest BCUT2D eigenvalue weighted by molar-refractivity contribution is 5.52. The zero-order valence-corrected chi connectivity index (χ0v) is 8.15. The number of nitrogens with two attached hydrogens (primary N) is 1. The number of rotatable bonds is 2. The summed E-state index contributed by atoms with van der Waals surface area (Å²) < 4.78 is 5.77. The average molecular weight is 189 g/mol. The molecule has 0 saturated heterocycles. The topological polar surface area (TPSA) is 35.2 Å². The third kappa shape index (κ3) is 2.08. The molecule has 1 aromatic rings. The molecule has 1 aliphatic rings. The van der Waals surface area contributed by atoms with Crippen LogP contribution in [0.15, 0.2) is 36.4 Å². The van der Waals surface area contributed by atoms with Crippen molar-refractivity contribution in [1.82, 2.24) is 0 Å². The maximum Gasteiger partial charge on any atom is 0.143 e. The minimum Gasteiger partial charge on any atom is -0.484 e. The van der Waals surface area contributed by atoms with Gasteiger partial charge in [-0.05, 0) is 37.5 Å². The number of hydrogen-bond donors (Lipinski definition) is 1. The fourth-order valence-electron chi connectivity index (χ4n) is 1.63. The van der Waals surface area contributed by atoms with Gasteiger partial charge in [-0.15, -0.1) is 0 Å². The Morgan fingerprint density at radius 1 is 1.29 bits per heavy atom. The Morgan fingerprint density at radius 3 is 2.86 bits per heavy atom. The van der Waals surface area contributed by atoms with Crippen molar-refractivity contribution in [3.05, 3.63) is 36.4 Å². The Morgan fingerprint density at radius 2 is 2.14 bits per heavy atom. The van der Waals surface area contributed by atoms with Crippen LogP contribution in [0.2, 0.25) is 0 Å². The highest BCUT2D eigenvalue weighted by Gasteiger charge is 2.10. The van der Waals surface area contributed by atoms with E-state index >= 15 is 0 Å². The quantitative estimate of drug-likeness (QED) is 0.573. The smallest absolute Gasteiger partial charge is 0.143 e. The third-order valence-corrected chi connectivity index (χ3v) is 2.41. The van der Waals surface area contributed by atoms with Gasteiger partial charge in [0.1, 0.15) is 11.9 Å². The van der Waals surface area contributed by atoms with Gasteiger partial charge >= 0.3 is 0 Å². The van der Waals surface area contributed by atoms with Crippen molar-refractivity contribution in [3.63, 3.8) is 0 Å². The monoisotopic (exact) mass is 189 g/mol. The Balaban J connectivity index is 2.06. The molecule has 0 unspecified atom stereocenters. The van der Waals surface area contributed by atoms with E-state index in [2.05, 4.69) is 12.2 Å². The van der Waals surface area contributed by atoms with Crippen molar-refractivity contribution in [3.8, 4) is 5.75 Å². The highest BCUT2D eigenvalue weighted by atomic mass is 16.5. The summed E-state index contributed by atoms with van der Waals surface area (Å²) in [6.07, 6.45) is 7.96. The highest BCUT2D eigenvalue weighted by Crippen LogP contribution is 2.24. The van der Waals surface area contributed by atoms with Crippen molar-refractivity contribution < 1.29 is 4.74 Å². The maximum absolute atomic E-state index is 5.79. The molecule has 2 heteroatoms. The van der Waals surface area contributed by atoms with Crippen LogP contribution in [0.1, 0.15) is 19.3 Å². The SMILES string of the molecule is Nc1ccccc1O[C@H]1C=CCCC1. The summed E-state index contributed by atoms with van der Waals surface area (Å²) in [6, 6.07) is 7.64. The van der Waals surface area contributed by atoms with E-state index in [0.717, 1.165) is 12.2 Å². The molecule has 0 aliphatic heterocycles. The molecular weight excluding hydrogens is 174 g/mol. The molecule has 2 rings (SSSR count). The van der Waals surface area contributed by atoms with Gasteiger partial charge in [-0.1, -0.05) is 18.2 Å². The molecule has 0 spiro atoms. The second-order valence-electron chi connectivity index (χ2n) is 3.55. The molecule has 0 bridgehead atoms. The van der Waals surface area contributed by atoms with Gasteiger partial charge in [0.2, 0.25) is 0 Å². The Labute approximate surface area is 84.4 Å². The Hall–Kier alpha value is -1.44. The summed E-state index contributed by atoms with van der Waals surface area (Å²) in [5.74, 6) is 0.795. The van der Waals surface area contributed by atoms with E-state index in [9.17, 15) is 0 Å². The first-order valence-electron chi connectivity index (χ1n) is 5.04. The molecule has 2 N–H and O–H groups in total. The van der Waals surface area contributed by atoms with Crippen LogP contribution in [-0.4, -0.2) is 6.10 Å². The van der Waals surface area contributed by atoms with Crippen LogP contribution in [0, 0.1) is 0 Å². The van der Waals surface area contributed by atoms with Crippen molar-refractivity contribution in [2.45, 2.75) is 25.4 Å². The maximum atomic E-state index is 5.79. The summed E-state index contributed by atoms with van der Waals surface area (Å²) in [6.45, 7) is 0. The largest absolute Gasteiger partial charge is 0.484 e. The standard InChI is InChI=1S/C12H15NO/c13-11-8-4-5-9-12(11)14-10-6-2-1-3-7-10/h2,4-6,8-10H,1,3,7,13H2/t10-/m0/s1. The molecule has 0 saturated carbocycles. The summed E-state index contributed by atoms with van der Waals surface area (Å²) in [7, 11) is 0. The van der Waals surface area contributed by atoms with Crippen LogP contribution in [0.3, 0.4) is 0 Å². The number of para-hydroxylation sites is 2. The first-order chi connectivity index (χ1) is 6.86. The Kier molecular flexibility index (Phi) is 2.73. The van der Waals surface area contributed by atoms with Crippen molar-refractivity contribution in [1.29, 1.82) is 0 Å².